The van der Waals surface area contributed by atoms with Gasteiger partial charge in [0.15, 0.2) is 0 Å². The maximum atomic E-state index is 0. The zero-order chi connectivity index (χ0) is 0. The topological polar surface area (TPSA) is 117 Å². The molecule has 2 N–H and O–H groups in total. The first-order valence-corrected chi connectivity index (χ1v) is 0. The van der Waals surface area contributed by atoms with Gasteiger partial charge in [-0.1, -0.05) is 0 Å². The quantitative estimate of drug-likeness (QED) is 0.460. The Balaban J connectivity index is 0. The summed E-state index contributed by atoms with van der Waals surface area (Å²) in [6.07, 6.45) is 0. The van der Waals surface area contributed by atoms with E-state index in [4.69, 9.17) is 0 Å². The molecule has 6 heteroatoms. The third-order valence-corrected chi connectivity index (χ3v) is 0. The Kier molecular flexibility index (Phi) is 9290. The van der Waals surface area contributed by atoms with Crippen molar-refractivity contribution in [1.29, 1.82) is 0 Å². The van der Waals surface area contributed by atoms with E-state index in [2.05, 4.69) is 0 Å². The van der Waals surface area contributed by atoms with Crippen LogP contribution in [0.3, 0.4) is 0 Å². The Morgan fingerprint density at radius 1 is 0.500 bits per heavy atom. The van der Waals surface area contributed by atoms with E-state index in [1.807, 2.05) is 0 Å². The zero-order valence-corrected chi connectivity index (χ0v) is 4.63. The smallest absolute Gasteiger partial charge is 2.00 e. The fourth-order valence-corrected chi connectivity index (χ4v) is 0. The standard InChI is InChI=1S/2Fe.2H2O.2O/h;;2*1H2;;/q2*+3;;;2*-2/p-2. The summed E-state index contributed by atoms with van der Waals surface area (Å²) in [5.41, 5.74) is 0. The first-order chi connectivity index (χ1) is 0. The summed E-state index contributed by atoms with van der Waals surface area (Å²) in [7, 11) is 0. The van der Waals surface area contributed by atoms with Gasteiger partial charge in [0.2, 0.25) is 0 Å². The molecule has 0 amide bonds. The molecule has 2 radical (unpaired) electrons. The van der Waals surface area contributed by atoms with Crippen LogP contribution in [0.25, 0.3) is 0 Å². The molecule has 0 saturated carbocycles. The molecule has 0 rings (SSSR count). The van der Waals surface area contributed by atoms with E-state index in [-0.39, 0.29) is 56.0 Å². The molecule has 0 unspecified atom stereocenters. The molecule has 0 aromatic heterocycles. The average molecular weight is 178 g/mol. The van der Waals surface area contributed by atoms with Crippen LogP contribution in [-0.2, 0) is 45.1 Å². The molecule has 0 fully saturated rings. The van der Waals surface area contributed by atoms with Gasteiger partial charge >= 0.3 is 34.1 Å². The van der Waals surface area contributed by atoms with Crippen LogP contribution in [0.5, 0.6) is 0 Å². The average Bonchev–Trinajstić information content (AvgIpc) is 0. The molecule has 0 aliphatic heterocycles. The van der Waals surface area contributed by atoms with E-state index in [0.29, 0.717) is 0 Å². The monoisotopic (exact) mass is 178 g/mol. The van der Waals surface area contributed by atoms with Gasteiger partial charge in [-0.3, -0.25) is 0 Å². The first-order valence-electron chi connectivity index (χ1n) is 0. The summed E-state index contributed by atoms with van der Waals surface area (Å²) in [6, 6.07) is 0. The van der Waals surface area contributed by atoms with Crippen molar-refractivity contribution in [3.8, 4) is 0 Å². The van der Waals surface area contributed by atoms with Gasteiger partial charge in [-0.15, -0.1) is 0 Å². The van der Waals surface area contributed by atoms with E-state index in [0.717, 1.165) is 0 Å². The van der Waals surface area contributed by atoms with E-state index in [9.17, 15) is 0 Å². The Labute approximate surface area is 56.5 Å². The number of hydrogen-bond donors (Lipinski definition) is 0. The Morgan fingerprint density at radius 3 is 0.500 bits per heavy atom. The molecular weight excluding hydrogens is 176 g/mol. The molecule has 0 aromatic rings. The Morgan fingerprint density at radius 2 is 0.500 bits per heavy atom. The summed E-state index contributed by atoms with van der Waals surface area (Å²) in [6.45, 7) is 0. The summed E-state index contributed by atoms with van der Waals surface area (Å²) in [5, 5.41) is 0. The summed E-state index contributed by atoms with van der Waals surface area (Å²) < 4.78 is 0. The molecule has 0 atom stereocenters. The summed E-state index contributed by atoms with van der Waals surface area (Å²) in [5.74, 6) is 0. The number of hydrogen-bond acceptors (Lipinski definition) is 2. The van der Waals surface area contributed by atoms with Crippen LogP contribution < -0.4 is 0 Å². The van der Waals surface area contributed by atoms with Crippen LogP contribution in [0, 0.1) is 0 Å². The fraction of sp³-hybridized carbons (Fsp3) is 0. The molecule has 4 nitrogen and oxygen atoms in total. The van der Waals surface area contributed by atoms with Crippen LogP contribution in [0.2, 0.25) is 0 Å². The van der Waals surface area contributed by atoms with Gasteiger partial charge in [-0.25, -0.2) is 0 Å². The van der Waals surface area contributed by atoms with Gasteiger partial charge in [-0.05, 0) is 0 Å². The van der Waals surface area contributed by atoms with Crippen LogP contribution >= 0.6 is 0 Å². The van der Waals surface area contributed by atoms with Crippen molar-refractivity contribution in [2.75, 3.05) is 0 Å². The van der Waals surface area contributed by atoms with Gasteiger partial charge in [0.05, 0.1) is 0 Å². The van der Waals surface area contributed by atoms with Gasteiger partial charge in [0.1, 0.15) is 0 Å². The SMILES string of the molecule is [Fe+3].[Fe+3].[O-2].[O-2].[OH-].[OH-]. The van der Waals surface area contributed by atoms with Crippen molar-refractivity contribution in [2.45, 2.75) is 0 Å². The van der Waals surface area contributed by atoms with Crippen molar-refractivity contribution in [3.05, 3.63) is 0 Å². The predicted octanol–water partition coefficient (Wildman–Crippen LogP) is -0.596. The largest absolute Gasteiger partial charge is 3.00 e. The second-order valence-electron chi connectivity index (χ2n) is 0. The molecule has 42 valence electrons. The minimum absolute atomic E-state index is 0. The van der Waals surface area contributed by atoms with Crippen LogP contribution in [0.15, 0.2) is 0 Å². The minimum Gasteiger partial charge on any atom is -2.00 e. The molecular formula is H2Fe2O4. The van der Waals surface area contributed by atoms with Crippen molar-refractivity contribution >= 4 is 0 Å². The normalized spacial score (nSPS) is 0. The van der Waals surface area contributed by atoms with Crippen molar-refractivity contribution < 1.29 is 56.0 Å². The fourth-order valence-electron chi connectivity index (χ4n) is 0. The molecule has 0 aliphatic carbocycles. The van der Waals surface area contributed by atoms with Crippen molar-refractivity contribution in [3.63, 3.8) is 0 Å². The number of rotatable bonds is 0. The van der Waals surface area contributed by atoms with Crippen LogP contribution in [0.4, 0.5) is 0 Å². The van der Waals surface area contributed by atoms with Crippen molar-refractivity contribution in [1.82, 2.24) is 0 Å². The molecule has 0 bridgehead atoms. The third kappa shape index (κ3) is 95.0. The van der Waals surface area contributed by atoms with E-state index in [1.54, 1.807) is 0 Å². The van der Waals surface area contributed by atoms with Gasteiger partial charge < -0.3 is 21.9 Å². The summed E-state index contributed by atoms with van der Waals surface area (Å²) in [4.78, 5) is 0. The van der Waals surface area contributed by atoms with E-state index >= 15 is 0 Å². The van der Waals surface area contributed by atoms with E-state index in [1.165, 1.54) is 0 Å². The van der Waals surface area contributed by atoms with Gasteiger partial charge in [0.25, 0.3) is 0 Å². The first kappa shape index (κ1) is 308. The van der Waals surface area contributed by atoms with E-state index < -0.39 is 0 Å². The maximum absolute atomic E-state index is 0. The second kappa shape index (κ2) is 181. The second-order valence-corrected chi connectivity index (χ2v) is 0. The Hall–Kier alpha value is 0.879. The maximum Gasteiger partial charge on any atom is 3.00 e. The molecule has 0 aromatic carbocycles. The van der Waals surface area contributed by atoms with Crippen LogP contribution in [0.1, 0.15) is 0 Å². The third-order valence-electron chi connectivity index (χ3n) is 0. The molecule has 0 spiro atoms. The van der Waals surface area contributed by atoms with Gasteiger partial charge in [-0.2, -0.15) is 0 Å². The van der Waals surface area contributed by atoms with Crippen molar-refractivity contribution in [2.24, 2.45) is 0 Å². The summed E-state index contributed by atoms with van der Waals surface area (Å²) >= 11 is 0. The predicted molar refractivity (Wildman–Crippen MR) is 5.24 cm³/mol. The molecule has 0 aliphatic rings. The molecule has 0 heterocycles. The Bertz CT molecular complexity index is 5.51. The van der Waals surface area contributed by atoms with Crippen LogP contribution in [-0.4, -0.2) is 11.0 Å². The minimum atomic E-state index is 0. The molecule has 6 heavy (non-hydrogen) atoms. The molecule has 0 saturated heterocycles. The zero-order valence-electron chi connectivity index (χ0n) is 2.42. The van der Waals surface area contributed by atoms with Gasteiger partial charge in [0, 0.05) is 0 Å².